The van der Waals surface area contributed by atoms with E-state index in [0.717, 1.165) is 22.5 Å². The number of hydrogen-bond acceptors (Lipinski definition) is 3. The molecule has 0 saturated heterocycles. The van der Waals surface area contributed by atoms with Crippen LogP contribution in [0.1, 0.15) is 32.9 Å². The Hall–Kier alpha value is -3.45. The molecule has 31 heavy (non-hydrogen) atoms. The number of carbonyl (C=O) groups is 1. The van der Waals surface area contributed by atoms with Gasteiger partial charge in [0.1, 0.15) is 10.8 Å². The van der Waals surface area contributed by atoms with Crippen LogP contribution in [-0.2, 0) is 13.1 Å². The van der Waals surface area contributed by atoms with E-state index in [0.29, 0.717) is 23.7 Å². The van der Waals surface area contributed by atoms with Crippen LogP contribution in [0.25, 0.3) is 0 Å². The highest BCUT2D eigenvalue weighted by Crippen LogP contribution is 2.21. The zero-order valence-electron chi connectivity index (χ0n) is 17.1. The molecule has 158 valence electrons. The largest absolute Gasteiger partial charge is 0.304 e. The standard InChI is InChI=1S/C23H21ClFN5O/c1-15-10-16(2)30(27-15)13-17-6-8-19(9-7-17)23(31)26-22-21(24)14-29(28-22)12-18-4-3-5-20(25)11-18/h3-11,14H,12-13H2,1-2H3,(H,26,28,31). The number of aryl methyl sites for hydroxylation is 2. The van der Waals surface area contributed by atoms with Crippen LogP contribution in [0.15, 0.2) is 60.8 Å². The molecule has 4 rings (SSSR count). The summed E-state index contributed by atoms with van der Waals surface area (Å²) < 4.78 is 16.9. The molecule has 0 unspecified atom stereocenters. The molecule has 0 aliphatic heterocycles. The maximum absolute atomic E-state index is 13.4. The molecule has 0 saturated carbocycles. The van der Waals surface area contributed by atoms with Crippen molar-refractivity contribution >= 4 is 23.3 Å². The number of halogens is 2. The SMILES string of the molecule is Cc1cc(C)n(Cc2ccc(C(=O)Nc3nn(Cc4cccc(F)c4)cc3Cl)cc2)n1. The van der Waals surface area contributed by atoms with Crippen molar-refractivity contribution in [1.29, 1.82) is 0 Å². The maximum atomic E-state index is 13.4. The Morgan fingerprint density at radius 1 is 1.03 bits per heavy atom. The molecule has 1 amide bonds. The van der Waals surface area contributed by atoms with Crippen molar-refractivity contribution < 1.29 is 9.18 Å². The van der Waals surface area contributed by atoms with E-state index in [1.165, 1.54) is 12.1 Å². The Balaban J connectivity index is 1.42. The minimum absolute atomic E-state index is 0.259. The van der Waals surface area contributed by atoms with Gasteiger partial charge in [0.15, 0.2) is 5.82 Å². The van der Waals surface area contributed by atoms with Gasteiger partial charge in [0.05, 0.1) is 18.8 Å². The zero-order valence-corrected chi connectivity index (χ0v) is 17.9. The van der Waals surface area contributed by atoms with Crippen LogP contribution in [0.3, 0.4) is 0 Å². The normalized spacial score (nSPS) is 11.0. The van der Waals surface area contributed by atoms with E-state index in [1.807, 2.05) is 36.7 Å². The fourth-order valence-corrected chi connectivity index (χ4v) is 3.53. The molecule has 0 spiro atoms. The molecule has 0 aliphatic carbocycles. The van der Waals surface area contributed by atoms with Crippen molar-refractivity contribution in [3.63, 3.8) is 0 Å². The van der Waals surface area contributed by atoms with Gasteiger partial charge in [0.2, 0.25) is 0 Å². The van der Waals surface area contributed by atoms with E-state index in [9.17, 15) is 9.18 Å². The molecule has 4 aromatic rings. The topological polar surface area (TPSA) is 64.7 Å². The molecule has 0 fully saturated rings. The molecule has 1 N–H and O–H groups in total. The molecule has 2 heterocycles. The second kappa shape index (κ2) is 8.73. The third-order valence-corrected chi connectivity index (χ3v) is 5.11. The molecule has 0 radical (unpaired) electrons. The summed E-state index contributed by atoms with van der Waals surface area (Å²) in [5.41, 5.74) is 4.34. The van der Waals surface area contributed by atoms with Crippen LogP contribution in [0.5, 0.6) is 0 Å². The van der Waals surface area contributed by atoms with Crippen molar-refractivity contribution in [2.24, 2.45) is 0 Å². The minimum atomic E-state index is -0.314. The highest BCUT2D eigenvalue weighted by molar-refractivity contribution is 6.33. The second-order valence-corrected chi connectivity index (χ2v) is 7.80. The molecular weight excluding hydrogens is 417 g/mol. The summed E-state index contributed by atoms with van der Waals surface area (Å²) in [5, 5.41) is 11.8. The van der Waals surface area contributed by atoms with Crippen LogP contribution in [0.4, 0.5) is 10.2 Å². The molecule has 0 atom stereocenters. The van der Waals surface area contributed by atoms with E-state index in [1.54, 1.807) is 35.1 Å². The third kappa shape index (κ3) is 5.00. The lowest BCUT2D eigenvalue weighted by Crippen LogP contribution is -2.13. The van der Waals surface area contributed by atoms with Gasteiger partial charge in [0.25, 0.3) is 5.91 Å². The Labute approximate surface area is 184 Å². The Kier molecular flexibility index (Phi) is 5.86. The van der Waals surface area contributed by atoms with Crippen molar-refractivity contribution in [2.75, 3.05) is 5.32 Å². The predicted octanol–water partition coefficient (Wildman–Crippen LogP) is 4.84. The number of benzene rings is 2. The summed E-state index contributed by atoms with van der Waals surface area (Å²) >= 11 is 6.22. The first-order chi connectivity index (χ1) is 14.9. The van der Waals surface area contributed by atoms with Crippen molar-refractivity contribution in [3.8, 4) is 0 Å². The summed E-state index contributed by atoms with van der Waals surface area (Å²) in [5.74, 6) is -0.365. The molecule has 8 heteroatoms. The second-order valence-electron chi connectivity index (χ2n) is 7.39. The first-order valence-corrected chi connectivity index (χ1v) is 10.1. The first-order valence-electron chi connectivity index (χ1n) is 9.76. The van der Waals surface area contributed by atoms with E-state index in [2.05, 4.69) is 15.5 Å². The third-order valence-electron chi connectivity index (χ3n) is 4.83. The molecule has 0 aliphatic rings. The van der Waals surface area contributed by atoms with Crippen LogP contribution in [0, 0.1) is 19.7 Å². The van der Waals surface area contributed by atoms with Gasteiger partial charge in [0, 0.05) is 17.5 Å². The summed E-state index contributed by atoms with van der Waals surface area (Å²) in [6.07, 6.45) is 1.60. The van der Waals surface area contributed by atoms with Gasteiger partial charge in [-0.1, -0.05) is 35.9 Å². The molecule has 6 nitrogen and oxygen atoms in total. The molecule has 2 aromatic carbocycles. The molecule has 2 aromatic heterocycles. The minimum Gasteiger partial charge on any atom is -0.304 e. The van der Waals surface area contributed by atoms with Gasteiger partial charge in [-0.05, 0) is 55.3 Å². The van der Waals surface area contributed by atoms with Gasteiger partial charge >= 0.3 is 0 Å². The summed E-state index contributed by atoms with van der Waals surface area (Å²) in [6.45, 7) is 4.95. The monoisotopic (exact) mass is 437 g/mol. The number of rotatable bonds is 6. The Morgan fingerprint density at radius 2 is 1.81 bits per heavy atom. The summed E-state index contributed by atoms with van der Waals surface area (Å²) in [4.78, 5) is 12.6. The quantitative estimate of drug-likeness (QED) is 0.469. The van der Waals surface area contributed by atoms with E-state index < -0.39 is 0 Å². The van der Waals surface area contributed by atoms with Gasteiger partial charge in [-0.3, -0.25) is 14.2 Å². The van der Waals surface area contributed by atoms with Crippen LogP contribution < -0.4 is 5.32 Å². The maximum Gasteiger partial charge on any atom is 0.256 e. The number of aromatic nitrogens is 4. The highest BCUT2D eigenvalue weighted by atomic mass is 35.5. The smallest absolute Gasteiger partial charge is 0.256 e. The Morgan fingerprint density at radius 3 is 2.48 bits per heavy atom. The lowest BCUT2D eigenvalue weighted by Gasteiger charge is -2.07. The number of hydrogen-bond donors (Lipinski definition) is 1. The highest BCUT2D eigenvalue weighted by Gasteiger charge is 2.13. The predicted molar refractivity (Wildman–Crippen MR) is 118 cm³/mol. The zero-order chi connectivity index (χ0) is 22.0. The molecule has 0 bridgehead atoms. The van der Waals surface area contributed by atoms with E-state index in [-0.39, 0.29) is 17.5 Å². The van der Waals surface area contributed by atoms with Crippen molar-refractivity contribution in [3.05, 3.63) is 99.7 Å². The lowest BCUT2D eigenvalue weighted by atomic mass is 10.1. The van der Waals surface area contributed by atoms with E-state index in [4.69, 9.17) is 11.6 Å². The fraction of sp³-hybridized carbons (Fsp3) is 0.174. The van der Waals surface area contributed by atoms with E-state index >= 15 is 0 Å². The number of anilines is 1. The van der Waals surface area contributed by atoms with Gasteiger partial charge in [-0.2, -0.15) is 10.2 Å². The first kappa shape index (κ1) is 20.8. The average molecular weight is 438 g/mol. The van der Waals surface area contributed by atoms with Crippen molar-refractivity contribution in [1.82, 2.24) is 19.6 Å². The Bertz CT molecular complexity index is 1230. The number of carbonyl (C=O) groups excluding carboxylic acids is 1. The molecular formula is C23H21ClFN5O. The van der Waals surface area contributed by atoms with Crippen LogP contribution in [-0.4, -0.2) is 25.5 Å². The van der Waals surface area contributed by atoms with Crippen LogP contribution in [0.2, 0.25) is 5.02 Å². The van der Waals surface area contributed by atoms with Gasteiger partial charge in [-0.25, -0.2) is 4.39 Å². The lowest BCUT2D eigenvalue weighted by molar-refractivity contribution is 0.102. The fourth-order valence-electron chi connectivity index (χ4n) is 3.33. The number of amides is 1. The van der Waals surface area contributed by atoms with Gasteiger partial charge < -0.3 is 5.32 Å². The number of nitrogens with zero attached hydrogens (tertiary/aromatic N) is 4. The summed E-state index contributed by atoms with van der Waals surface area (Å²) in [6, 6.07) is 15.6. The van der Waals surface area contributed by atoms with Crippen molar-refractivity contribution in [2.45, 2.75) is 26.9 Å². The number of nitrogens with one attached hydrogen (secondary N) is 1. The van der Waals surface area contributed by atoms with Gasteiger partial charge in [-0.15, -0.1) is 0 Å². The summed E-state index contributed by atoms with van der Waals surface area (Å²) in [7, 11) is 0. The average Bonchev–Trinajstić information content (AvgIpc) is 3.22. The van der Waals surface area contributed by atoms with Crippen LogP contribution >= 0.6 is 11.6 Å².